The molecule has 0 radical (unpaired) electrons. The lowest BCUT2D eigenvalue weighted by Gasteiger charge is -2.27. The van der Waals surface area contributed by atoms with Gasteiger partial charge in [0.25, 0.3) is 0 Å². The number of fused-ring (bicyclic) bond motifs is 8. The molecule has 352 valence electrons. The van der Waals surface area contributed by atoms with Crippen molar-refractivity contribution in [2.45, 2.75) is 0 Å². The fourth-order valence-corrected chi connectivity index (χ4v) is 11.3. The van der Waals surface area contributed by atoms with Crippen molar-refractivity contribution in [3.05, 3.63) is 297 Å². The first-order valence-electron chi connectivity index (χ1n) is 25.7. The van der Waals surface area contributed by atoms with Crippen molar-refractivity contribution < 1.29 is 0 Å². The first-order chi connectivity index (χ1) is 37.2. The van der Waals surface area contributed by atoms with Crippen LogP contribution < -0.4 is 14.7 Å². The number of benzene rings is 14. The van der Waals surface area contributed by atoms with Gasteiger partial charge in [0.15, 0.2) is 0 Å². The Hall–Kier alpha value is -9.96. The van der Waals surface area contributed by atoms with E-state index in [0.717, 1.165) is 51.2 Å². The Labute approximate surface area is 436 Å². The van der Waals surface area contributed by atoms with E-state index >= 15 is 0 Å². The van der Waals surface area contributed by atoms with Gasteiger partial charge in [0.1, 0.15) is 0 Å². The van der Waals surface area contributed by atoms with Crippen molar-refractivity contribution in [3.8, 4) is 11.1 Å². The highest BCUT2D eigenvalue weighted by molar-refractivity contribution is 6.12. The Morgan fingerprint density at radius 2 is 0.480 bits per heavy atom. The van der Waals surface area contributed by atoms with E-state index < -0.39 is 0 Å². The van der Waals surface area contributed by atoms with Crippen molar-refractivity contribution in [2.75, 3.05) is 14.7 Å². The summed E-state index contributed by atoms with van der Waals surface area (Å²) in [6.07, 6.45) is 0. The Bertz CT molecular complexity index is 4410. The maximum Gasteiger partial charge on any atom is 0.0540 e. The minimum Gasteiger partial charge on any atom is -0.310 e. The molecule has 0 unspecified atom stereocenters. The van der Waals surface area contributed by atoms with Crippen LogP contribution in [0.4, 0.5) is 51.2 Å². The molecule has 0 bridgehead atoms. The molecule has 0 atom stereocenters. The first kappa shape index (κ1) is 43.8. The summed E-state index contributed by atoms with van der Waals surface area (Å²) in [5, 5.41) is 14.6. The first-order valence-corrected chi connectivity index (χ1v) is 25.7. The van der Waals surface area contributed by atoms with Gasteiger partial charge in [-0.05, 0) is 168 Å². The van der Waals surface area contributed by atoms with E-state index in [1.165, 1.54) is 75.8 Å². The number of hydrogen-bond acceptors (Lipinski definition) is 3. The van der Waals surface area contributed by atoms with Gasteiger partial charge in [0, 0.05) is 50.6 Å². The van der Waals surface area contributed by atoms with Gasteiger partial charge in [-0.2, -0.15) is 0 Å². The highest BCUT2D eigenvalue weighted by Gasteiger charge is 2.19. The summed E-state index contributed by atoms with van der Waals surface area (Å²) in [6.45, 7) is 0. The molecule has 0 aliphatic rings. The normalized spacial score (nSPS) is 11.5. The summed E-state index contributed by atoms with van der Waals surface area (Å²) in [6, 6.07) is 108. The van der Waals surface area contributed by atoms with Crippen molar-refractivity contribution in [1.82, 2.24) is 0 Å². The van der Waals surface area contributed by atoms with E-state index in [4.69, 9.17) is 0 Å². The van der Waals surface area contributed by atoms with Gasteiger partial charge in [-0.15, -0.1) is 0 Å². The molecule has 14 rings (SSSR count). The lowest BCUT2D eigenvalue weighted by Crippen LogP contribution is -2.10. The zero-order chi connectivity index (χ0) is 49.7. The summed E-state index contributed by atoms with van der Waals surface area (Å²) in [7, 11) is 0. The molecular formula is C72H49N3. The third kappa shape index (κ3) is 7.95. The Balaban J connectivity index is 0.788. The smallest absolute Gasteiger partial charge is 0.0540 e. The summed E-state index contributed by atoms with van der Waals surface area (Å²) < 4.78 is 0. The van der Waals surface area contributed by atoms with Crippen molar-refractivity contribution >= 4 is 116 Å². The molecule has 14 aromatic carbocycles. The summed E-state index contributed by atoms with van der Waals surface area (Å²) in [5.41, 5.74) is 12.5. The molecule has 3 nitrogen and oxygen atoms in total. The minimum absolute atomic E-state index is 1.11. The monoisotopic (exact) mass is 955 g/mol. The lowest BCUT2D eigenvalue weighted by molar-refractivity contribution is 1.29. The minimum atomic E-state index is 1.11. The highest BCUT2D eigenvalue weighted by atomic mass is 15.2. The molecule has 14 aromatic rings. The van der Waals surface area contributed by atoms with Crippen LogP contribution in [-0.2, 0) is 0 Å². The molecule has 0 heterocycles. The van der Waals surface area contributed by atoms with Crippen LogP contribution in [0.15, 0.2) is 297 Å². The van der Waals surface area contributed by atoms with Gasteiger partial charge in [-0.1, -0.05) is 194 Å². The second-order valence-electron chi connectivity index (χ2n) is 19.3. The standard InChI is InChI=1S/C72H49N3/c1-4-20-58(21-5-1)73(63-40-44-67-56(48-63)32-33-57-49-64(41-45-68(57)67)75(60-24-8-3-9-25-60)72-29-15-19-52-17-11-13-27-70(52)72)62-39-43-66-55(47-62)31-30-54-46-53(36-42-65(54)66)50-34-37-61(38-35-50)74(59-22-6-2-7-23-59)71-28-14-18-51-16-10-12-26-69(51)71/h1-49H. The van der Waals surface area contributed by atoms with Crippen LogP contribution in [0, 0.1) is 0 Å². The van der Waals surface area contributed by atoms with Crippen molar-refractivity contribution in [3.63, 3.8) is 0 Å². The predicted molar refractivity (Wildman–Crippen MR) is 321 cm³/mol. The van der Waals surface area contributed by atoms with Crippen LogP contribution in [0.2, 0.25) is 0 Å². The fraction of sp³-hybridized carbons (Fsp3) is 0. The predicted octanol–water partition coefficient (Wildman–Crippen LogP) is 20.7. The second-order valence-corrected chi connectivity index (χ2v) is 19.3. The number of anilines is 9. The molecule has 0 amide bonds. The molecule has 0 fully saturated rings. The number of para-hydroxylation sites is 3. The molecule has 3 heteroatoms. The van der Waals surface area contributed by atoms with Crippen LogP contribution >= 0.6 is 0 Å². The van der Waals surface area contributed by atoms with Crippen molar-refractivity contribution in [2.24, 2.45) is 0 Å². The van der Waals surface area contributed by atoms with E-state index in [1.54, 1.807) is 0 Å². The molecule has 0 N–H and O–H groups in total. The molecule has 75 heavy (non-hydrogen) atoms. The van der Waals surface area contributed by atoms with Gasteiger partial charge in [0.05, 0.1) is 11.4 Å². The number of nitrogens with zero attached hydrogens (tertiary/aromatic N) is 3. The highest BCUT2D eigenvalue weighted by Crippen LogP contribution is 2.44. The molecule has 0 aliphatic carbocycles. The van der Waals surface area contributed by atoms with Crippen molar-refractivity contribution in [1.29, 1.82) is 0 Å². The molecule has 0 spiro atoms. The Kier molecular flexibility index (Phi) is 10.8. The summed E-state index contributed by atoms with van der Waals surface area (Å²) in [5.74, 6) is 0. The molecule has 0 aromatic heterocycles. The molecular weight excluding hydrogens is 907 g/mol. The Morgan fingerprint density at radius 1 is 0.160 bits per heavy atom. The van der Waals surface area contributed by atoms with Crippen LogP contribution in [0.25, 0.3) is 75.8 Å². The van der Waals surface area contributed by atoms with Crippen LogP contribution in [-0.4, -0.2) is 0 Å². The van der Waals surface area contributed by atoms with Gasteiger partial charge in [0.2, 0.25) is 0 Å². The zero-order valence-electron chi connectivity index (χ0n) is 41.1. The third-order valence-corrected chi connectivity index (χ3v) is 14.9. The van der Waals surface area contributed by atoms with Gasteiger partial charge < -0.3 is 14.7 Å². The largest absolute Gasteiger partial charge is 0.310 e. The second kappa shape index (κ2) is 18.6. The lowest BCUT2D eigenvalue weighted by atomic mass is 9.96. The number of hydrogen-bond donors (Lipinski definition) is 0. The quantitative estimate of drug-likeness (QED) is 0.127. The van der Waals surface area contributed by atoms with Gasteiger partial charge in [-0.25, -0.2) is 0 Å². The maximum atomic E-state index is 2.38. The van der Waals surface area contributed by atoms with E-state index in [0.29, 0.717) is 0 Å². The average molecular weight is 956 g/mol. The molecule has 0 saturated carbocycles. The average Bonchev–Trinajstić information content (AvgIpc) is 3.48. The summed E-state index contributed by atoms with van der Waals surface area (Å²) >= 11 is 0. The SMILES string of the molecule is c1ccc(N(c2ccc3c(ccc4cc(-c5ccc(N(c6ccccc6)c6cccc7ccccc67)cc5)ccc43)c2)c2ccc3c(ccc4cc(N(c5ccccc5)c5cccc6ccccc56)ccc43)c2)cc1. The van der Waals surface area contributed by atoms with Gasteiger partial charge in [-0.3, -0.25) is 0 Å². The van der Waals surface area contributed by atoms with E-state index in [1.807, 2.05) is 0 Å². The third-order valence-electron chi connectivity index (χ3n) is 14.9. The topological polar surface area (TPSA) is 9.72 Å². The van der Waals surface area contributed by atoms with Crippen LogP contribution in [0.1, 0.15) is 0 Å². The van der Waals surface area contributed by atoms with Crippen LogP contribution in [0.3, 0.4) is 0 Å². The zero-order valence-corrected chi connectivity index (χ0v) is 41.1. The van der Waals surface area contributed by atoms with Gasteiger partial charge >= 0.3 is 0 Å². The van der Waals surface area contributed by atoms with Crippen LogP contribution in [0.5, 0.6) is 0 Å². The fourth-order valence-electron chi connectivity index (χ4n) is 11.3. The van der Waals surface area contributed by atoms with E-state index in [9.17, 15) is 0 Å². The van der Waals surface area contributed by atoms with E-state index in [2.05, 4.69) is 312 Å². The van der Waals surface area contributed by atoms with E-state index in [-0.39, 0.29) is 0 Å². The number of rotatable bonds is 10. The molecule has 0 saturated heterocycles. The maximum absolute atomic E-state index is 2.38. The summed E-state index contributed by atoms with van der Waals surface area (Å²) in [4.78, 5) is 7.12. The molecule has 0 aliphatic heterocycles. The Morgan fingerprint density at radius 3 is 0.947 bits per heavy atom.